The standard InChI is InChI=1S/C18H28O/c1-3-7-14(2)18(19)17-12-10-16(11-13-17)15-8-5-4-6-9-15/h10-15,18-19H,3-9H2,1-2H3. The van der Waals surface area contributed by atoms with Crippen LogP contribution in [0.15, 0.2) is 24.3 Å². The fraction of sp³-hybridized carbons (Fsp3) is 0.667. The summed E-state index contributed by atoms with van der Waals surface area (Å²) in [4.78, 5) is 0. The minimum atomic E-state index is -0.305. The minimum Gasteiger partial charge on any atom is -0.388 e. The summed E-state index contributed by atoms with van der Waals surface area (Å²) in [5, 5.41) is 10.3. The highest BCUT2D eigenvalue weighted by molar-refractivity contribution is 5.27. The lowest BCUT2D eigenvalue weighted by molar-refractivity contribution is 0.112. The first-order chi connectivity index (χ1) is 9.22. The van der Waals surface area contributed by atoms with Crippen LogP contribution in [0, 0.1) is 5.92 Å². The fourth-order valence-corrected chi connectivity index (χ4v) is 3.34. The predicted octanol–water partition coefficient (Wildman–Crippen LogP) is 5.20. The number of aliphatic hydroxyl groups is 1. The molecule has 0 saturated heterocycles. The van der Waals surface area contributed by atoms with E-state index >= 15 is 0 Å². The van der Waals surface area contributed by atoms with Crippen LogP contribution in [-0.4, -0.2) is 5.11 Å². The van der Waals surface area contributed by atoms with E-state index in [0.29, 0.717) is 5.92 Å². The van der Waals surface area contributed by atoms with Gasteiger partial charge in [0.25, 0.3) is 0 Å². The lowest BCUT2D eigenvalue weighted by atomic mass is 9.83. The zero-order chi connectivity index (χ0) is 13.7. The van der Waals surface area contributed by atoms with E-state index < -0.39 is 0 Å². The van der Waals surface area contributed by atoms with E-state index in [4.69, 9.17) is 0 Å². The molecule has 1 nitrogen and oxygen atoms in total. The third-order valence-electron chi connectivity index (χ3n) is 4.64. The monoisotopic (exact) mass is 260 g/mol. The van der Waals surface area contributed by atoms with Gasteiger partial charge in [-0.3, -0.25) is 0 Å². The summed E-state index contributed by atoms with van der Waals surface area (Å²) in [6.07, 6.45) is 8.76. The average molecular weight is 260 g/mol. The maximum atomic E-state index is 10.3. The third kappa shape index (κ3) is 3.82. The Labute approximate surface area is 118 Å². The van der Waals surface area contributed by atoms with Crippen molar-refractivity contribution in [3.63, 3.8) is 0 Å². The summed E-state index contributed by atoms with van der Waals surface area (Å²) in [5.41, 5.74) is 2.55. The van der Waals surface area contributed by atoms with Crippen LogP contribution < -0.4 is 0 Å². The van der Waals surface area contributed by atoms with Crippen LogP contribution in [-0.2, 0) is 0 Å². The van der Waals surface area contributed by atoms with Crippen molar-refractivity contribution in [3.8, 4) is 0 Å². The second-order valence-electron chi connectivity index (χ2n) is 6.21. The molecular weight excluding hydrogens is 232 g/mol. The Bertz CT molecular complexity index is 362. The Hall–Kier alpha value is -0.820. The normalized spacial score (nSPS) is 20.2. The first kappa shape index (κ1) is 14.6. The molecule has 1 aromatic carbocycles. The molecular formula is C18H28O. The van der Waals surface area contributed by atoms with Gasteiger partial charge in [0.2, 0.25) is 0 Å². The van der Waals surface area contributed by atoms with Crippen molar-refractivity contribution in [1.82, 2.24) is 0 Å². The van der Waals surface area contributed by atoms with Crippen molar-refractivity contribution in [2.75, 3.05) is 0 Å². The number of rotatable bonds is 5. The molecule has 2 rings (SSSR count). The molecule has 1 saturated carbocycles. The van der Waals surface area contributed by atoms with Crippen LogP contribution in [0.4, 0.5) is 0 Å². The van der Waals surface area contributed by atoms with E-state index in [9.17, 15) is 5.11 Å². The van der Waals surface area contributed by atoms with E-state index in [0.717, 1.165) is 24.3 Å². The summed E-state index contributed by atoms with van der Waals surface area (Å²) in [7, 11) is 0. The SMILES string of the molecule is CCCC(C)C(O)c1ccc(C2CCCCC2)cc1. The van der Waals surface area contributed by atoms with Crippen molar-refractivity contribution in [3.05, 3.63) is 35.4 Å². The lowest BCUT2D eigenvalue weighted by Crippen LogP contribution is -2.09. The second-order valence-corrected chi connectivity index (χ2v) is 6.21. The number of hydrogen-bond donors (Lipinski definition) is 1. The van der Waals surface area contributed by atoms with Crippen molar-refractivity contribution in [2.24, 2.45) is 5.92 Å². The quantitative estimate of drug-likeness (QED) is 0.771. The molecule has 2 atom stereocenters. The molecule has 0 radical (unpaired) electrons. The van der Waals surface area contributed by atoms with Gasteiger partial charge in [-0.15, -0.1) is 0 Å². The van der Waals surface area contributed by atoms with Crippen LogP contribution in [0.25, 0.3) is 0 Å². The maximum absolute atomic E-state index is 10.3. The lowest BCUT2D eigenvalue weighted by Gasteiger charge is -2.23. The molecule has 0 aromatic heterocycles. The van der Waals surface area contributed by atoms with Crippen LogP contribution >= 0.6 is 0 Å². The predicted molar refractivity (Wildman–Crippen MR) is 81.3 cm³/mol. The highest BCUT2D eigenvalue weighted by Crippen LogP contribution is 2.33. The summed E-state index contributed by atoms with van der Waals surface area (Å²) in [6, 6.07) is 8.77. The Morgan fingerprint density at radius 2 is 1.74 bits per heavy atom. The number of benzene rings is 1. The molecule has 1 heteroatoms. The van der Waals surface area contributed by atoms with Crippen molar-refractivity contribution < 1.29 is 5.11 Å². The van der Waals surface area contributed by atoms with Gasteiger partial charge in [-0.2, -0.15) is 0 Å². The first-order valence-electron chi connectivity index (χ1n) is 8.00. The summed E-state index contributed by atoms with van der Waals surface area (Å²) >= 11 is 0. The zero-order valence-corrected chi connectivity index (χ0v) is 12.4. The maximum Gasteiger partial charge on any atom is 0.0815 e. The molecule has 1 aromatic rings. The van der Waals surface area contributed by atoms with Crippen LogP contribution in [0.1, 0.15) is 81.9 Å². The molecule has 1 fully saturated rings. The smallest absolute Gasteiger partial charge is 0.0815 e. The van der Waals surface area contributed by atoms with Crippen LogP contribution in [0.3, 0.4) is 0 Å². The van der Waals surface area contributed by atoms with E-state index in [2.05, 4.69) is 38.1 Å². The fourth-order valence-electron chi connectivity index (χ4n) is 3.34. The molecule has 1 aliphatic rings. The van der Waals surface area contributed by atoms with E-state index in [1.165, 1.54) is 37.7 Å². The van der Waals surface area contributed by atoms with Crippen molar-refractivity contribution in [1.29, 1.82) is 0 Å². The van der Waals surface area contributed by atoms with E-state index in [1.54, 1.807) is 0 Å². The summed E-state index contributed by atoms with van der Waals surface area (Å²) in [6.45, 7) is 4.32. The summed E-state index contributed by atoms with van der Waals surface area (Å²) < 4.78 is 0. The van der Waals surface area contributed by atoms with Crippen molar-refractivity contribution >= 4 is 0 Å². The number of hydrogen-bond acceptors (Lipinski definition) is 1. The second kappa shape index (κ2) is 7.09. The minimum absolute atomic E-state index is 0.305. The highest BCUT2D eigenvalue weighted by Gasteiger charge is 2.18. The Morgan fingerprint density at radius 1 is 1.11 bits per heavy atom. The zero-order valence-electron chi connectivity index (χ0n) is 12.4. The molecule has 0 amide bonds. The molecule has 0 aliphatic heterocycles. The van der Waals surface area contributed by atoms with Crippen LogP contribution in [0.5, 0.6) is 0 Å². The van der Waals surface area contributed by atoms with Gasteiger partial charge in [-0.1, -0.05) is 63.8 Å². The molecule has 0 bridgehead atoms. The van der Waals surface area contributed by atoms with Gasteiger partial charge in [-0.25, -0.2) is 0 Å². The third-order valence-corrected chi connectivity index (χ3v) is 4.64. The van der Waals surface area contributed by atoms with Gasteiger partial charge in [0.05, 0.1) is 6.10 Å². The molecule has 106 valence electrons. The summed E-state index contributed by atoms with van der Waals surface area (Å²) in [5.74, 6) is 1.11. The largest absolute Gasteiger partial charge is 0.388 e. The van der Waals surface area contributed by atoms with Gasteiger partial charge >= 0.3 is 0 Å². The molecule has 1 aliphatic carbocycles. The van der Waals surface area contributed by atoms with Gasteiger partial charge in [0, 0.05) is 0 Å². The van der Waals surface area contributed by atoms with Crippen LogP contribution in [0.2, 0.25) is 0 Å². The Balaban J connectivity index is 2.01. The number of aliphatic hydroxyl groups excluding tert-OH is 1. The molecule has 0 spiro atoms. The molecule has 1 N–H and O–H groups in total. The molecule has 0 heterocycles. The van der Waals surface area contributed by atoms with E-state index in [1.807, 2.05) is 0 Å². The van der Waals surface area contributed by atoms with Gasteiger partial charge in [0.1, 0.15) is 0 Å². The van der Waals surface area contributed by atoms with Gasteiger partial charge < -0.3 is 5.11 Å². The molecule has 19 heavy (non-hydrogen) atoms. The van der Waals surface area contributed by atoms with E-state index in [-0.39, 0.29) is 6.10 Å². The van der Waals surface area contributed by atoms with Gasteiger partial charge in [0.15, 0.2) is 0 Å². The topological polar surface area (TPSA) is 20.2 Å². The molecule has 2 unspecified atom stereocenters. The van der Waals surface area contributed by atoms with Crippen molar-refractivity contribution in [2.45, 2.75) is 70.8 Å². The highest BCUT2D eigenvalue weighted by atomic mass is 16.3. The Kier molecular flexibility index (Phi) is 5.45. The first-order valence-corrected chi connectivity index (χ1v) is 8.00. The Morgan fingerprint density at radius 3 is 2.32 bits per heavy atom. The van der Waals surface area contributed by atoms with Gasteiger partial charge in [-0.05, 0) is 42.2 Å². The average Bonchev–Trinajstić information content (AvgIpc) is 2.48.